The van der Waals surface area contributed by atoms with Gasteiger partial charge in [0.25, 0.3) is 0 Å². The van der Waals surface area contributed by atoms with Crippen LogP contribution in [0.3, 0.4) is 0 Å². The fourth-order valence-corrected chi connectivity index (χ4v) is 2.31. The smallest absolute Gasteiger partial charge is 0.332 e. The second-order valence-electron chi connectivity index (χ2n) is 6.93. The highest BCUT2D eigenvalue weighted by Gasteiger charge is 2.35. The van der Waals surface area contributed by atoms with Gasteiger partial charge in [-0.05, 0) is 38.5 Å². The van der Waals surface area contributed by atoms with Gasteiger partial charge in [-0.1, -0.05) is 42.5 Å². The van der Waals surface area contributed by atoms with Crippen LogP contribution in [0.25, 0.3) is 21.7 Å². The van der Waals surface area contributed by atoms with E-state index in [4.69, 9.17) is 4.65 Å². The Balaban J connectivity index is 1.91. The van der Waals surface area contributed by atoms with Crippen LogP contribution in [-0.2, 0) is 4.65 Å². The highest BCUT2D eigenvalue weighted by Crippen LogP contribution is 2.25. The second kappa shape index (κ2) is 5.62. The van der Waals surface area contributed by atoms with E-state index >= 15 is 0 Å². The zero-order valence-corrected chi connectivity index (χ0v) is 14.0. The number of nitrogens with zero attached hydrogens (tertiary/aromatic N) is 1. The number of rotatable bonds is 4. The molecule has 23 heavy (non-hydrogen) atoms. The number of aliphatic hydroxyl groups is 1. The predicted molar refractivity (Wildman–Crippen MR) is 96.1 cm³/mol. The van der Waals surface area contributed by atoms with Crippen molar-refractivity contribution in [3.63, 3.8) is 0 Å². The number of hydrogen-bond donors (Lipinski definition) is 1. The molecule has 0 unspecified atom stereocenters. The molecule has 1 heterocycles. The summed E-state index contributed by atoms with van der Waals surface area (Å²) in [6.07, 6.45) is 1.80. The molecule has 3 aromatic rings. The molecular formula is C19H21BNO2. The van der Waals surface area contributed by atoms with Crippen LogP contribution in [0.15, 0.2) is 48.7 Å². The summed E-state index contributed by atoms with van der Waals surface area (Å²) in [6, 6.07) is 14.5. The molecule has 0 aliphatic carbocycles. The van der Waals surface area contributed by atoms with Crippen LogP contribution in [0.1, 0.15) is 27.7 Å². The maximum atomic E-state index is 10.2. The van der Waals surface area contributed by atoms with Crippen LogP contribution in [0.2, 0.25) is 0 Å². The van der Waals surface area contributed by atoms with Gasteiger partial charge in [-0.3, -0.25) is 4.98 Å². The standard InChI is InChI=1S/C19H21BNO2/c1-18(2,22)19(3,4)23-20-15-11-14-10-9-13-7-5-6-8-16(13)17(14)21-12-15/h5-12,22H,1-4H3. The normalized spacial score (nSPS) is 12.7. The van der Waals surface area contributed by atoms with Crippen molar-refractivity contribution < 1.29 is 9.76 Å². The Hall–Kier alpha value is -1.91. The summed E-state index contributed by atoms with van der Waals surface area (Å²) in [7, 11) is 1.67. The van der Waals surface area contributed by atoms with Crippen molar-refractivity contribution in [2.75, 3.05) is 0 Å². The summed E-state index contributed by atoms with van der Waals surface area (Å²) in [5.74, 6) is 0. The van der Waals surface area contributed by atoms with Gasteiger partial charge in [0.1, 0.15) is 0 Å². The molecule has 2 aromatic carbocycles. The number of hydrogen-bond acceptors (Lipinski definition) is 3. The molecule has 1 aromatic heterocycles. The molecule has 0 amide bonds. The van der Waals surface area contributed by atoms with Gasteiger partial charge in [0.05, 0.1) is 16.7 Å². The molecule has 0 aliphatic rings. The Labute approximate surface area is 137 Å². The van der Waals surface area contributed by atoms with Gasteiger partial charge in [0.2, 0.25) is 0 Å². The Morgan fingerprint density at radius 1 is 1.00 bits per heavy atom. The van der Waals surface area contributed by atoms with E-state index < -0.39 is 11.2 Å². The zero-order chi connectivity index (χ0) is 16.7. The molecule has 1 N–H and O–H groups in total. The van der Waals surface area contributed by atoms with E-state index in [0.29, 0.717) is 0 Å². The average molecular weight is 306 g/mol. The lowest BCUT2D eigenvalue weighted by atomic mass is 9.83. The second-order valence-corrected chi connectivity index (χ2v) is 6.93. The van der Waals surface area contributed by atoms with Crippen LogP contribution in [0.4, 0.5) is 0 Å². The summed E-state index contributed by atoms with van der Waals surface area (Å²) >= 11 is 0. The Morgan fingerprint density at radius 2 is 1.70 bits per heavy atom. The molecule has 0 bridgehead atoms. The largest absolute Gasteiger partial charge is 0.427 e. The minimum Gasteiger partial charge on any atom is -0.427 e. The van der Waals surface area contributed by atoms with Gasteiger partial charge >= 0.3 is 7.48 Å². The molecule has 0 saturated carbocycles. The summed E-state index contributed by atoms with van der Waals surface area (Å²) in [5.41, 5.74) is 0.238. The van der Waals surface area contributed by atoms with E-state index in [2.05, 4.69) is 35.3 Å². The van der Waals surface area contributed by atoms with E-state index in [1.165, 1.54) is 5.39 Å². The zero-order valence-electron chi connectivity index (χ0n) is 14.0. The fourth-order valence-electron chi connectivity index (χ4n) is 2.31. The fraction of sp³-hybridized carbons (Fsp3) is 0.316. The SMILES string of the molecule is CC(C)(O)C(C)(C)O[B]c1cnc2c(ccc3ccccc32)c1. The minimum atomic E-state index is -0.940. The summed E-state index contributed by atoms with van der Waals surface area (Å²) in [5, 5.41) is 13.6. The molecule has 3 rings (SSSR count). The minimum absolute atomic E-state index is 0.689. The predicted octanol–water partition coefficient (Wildman–Crippen LogP) is 3.20. The van der Waals surface area contributed by atoms with Gasteiger partial charge in [-0.2, -0.15) is 0 Å². The van der Waals surface area contributed by atoms with Crippen molar-refractivity contribution in [3.8, 4) is 0 Å². The average Bonchev–Trinajstić information content (AvgIpc) is 2.51. The van der Waals surface area contributed by atoms with Crippen LogP contribution in [0.5, 0.6) is 0 Å². The summed E-state index contributed by atoms with van der Waals surface area (Å²) in [6.45, 7) is 7.22. The molecular weight excluding hydrogens is 285 g/mol. The van der Waals surface area contributed by atoms with E-state index in [-0.39, 0.29) is 0 Å². The Morgan fingerprint density at radius 3 is 2.43 bits per heavy atom. The van der Waals surface area contributed by atoms with Gasteiger partial charge in [-0.25, -0.2) is 0 Å². The first-order valence-electron chi connectivity index (χ1n) is 7.79. The first-order valence-corrected chi connectivity index (χ1v) is 7.79. The van der Waals surface area contributed by atoms with Crippen molar-refractivity contribution in [1.82, 2.24) is 4.98 Å². The van der Waals surface area contributed by atoms with Crippen LogP contribution in [-0.4, -0.2) is 28.8 Å². The van der Waals surface area contributed by atoms with Gasteiger partial charge in [0, 0.05) is 17.0 Å². The highest BCUT2D eigenvalue weighted by molar-refractivity contribution is 6.47. The van der Waals surface area contributed by atoms with Crippen molar-refractivity contribution >= 4 is 34.6 Å². The molecule has 117 valence electrons. The lowest BCUT2D eigenvalue weighted by Crippen LogP contribution is -2.49. The molecule has 0 spiro atoms. The van der Waals surface area contributed by atoms with E-state index in [9.17, 15) is 5.11 Å². The van der Waals surface area contributed by atoms with Gasteiger partial charge < -0.3 is 9.76 Å². The Kier molecular flexibility index (Phi) is 3.90. The van der Waals surface area contributed by atoms with Crippen molar-refractivity contribution in [2.24, 2.45) is 0 Å². The molecule has 0 saturated heterocycles. The topological polar surface area (TPSA) is 42.4 Å². The van der Waals surface area contributed by atoms with Crippen molar-refractivity contribution in [1.29, 1.82) is 0 Å². The van der Waals surface area contributed by atoms with Crippen molar-refractivity contribution in [3.05, 3.63) is 48.7 Å². The number of benzene rings is 2. The number of pyridine rings is 1. The van der Waals surface area contributed by atoms with Crippen LogP contribution in [0, 0.1) is 0 Å². The lowest BCUT2D eigenvalue weighted by Gasteiger charge is -2.37. The third kappa shape index (κ3) is 3.10. The summed E-state index contributed by atoms with van der Waals surface area (Å²) in [4.78, 5) is 4.60. The highest BCUT2D eigenvalue weighted by atomic mass is 16.5. The first-order chi connectivity index (χ1) is 10.8. The first kappa shape index (κ1) is 16.0. The molecule has 3 nitrogen and oxygen atoms in total. The van der Waals surface area contributed by atoms with Crippen LogP contribution >= 0.6 is 0 Å². The Bertz CT molecular complexity index is 853. The quantitative estimate of drug-likeness (QED) is 0.594. The number of fused-ring (bicyclic) bond motifs is 3. The summed E-state index contributed by atoms with van der Waals surface area (Å²) < 4.78 is 5.80. The maximum Gasteiger partial charge on any atom is 0.332 e. The van der Waals surface area contributed by atoms with Crippen molar-refractivity contribution in [2.45, 2.75) is 38.9 Å². The molecule has 4 heteroatoms. The van der Waals surface area contributed by atoms with E-state index in [1.807, 2.05) is 26.0 Å². The van der Waals surface area contributed by atoms with Gasteiger partial charge in [0.15, 0.2) is 0 Å². The number of aromatic nitrogens is 1. The lowest BCUT2D eigenvalue weighted by molar-refractivity contribution is -0.0893. The van der Waals surface area contributed by atoms with Gasteiger partial charge in [-0.15, -0.1) is 0 Å². The monoisotopic (exact) mass is 306 g/mol. The molecule has 0 aliphatic heterocycles. The third-order valence-corrected chi connectivity index (χ3v) is 4.56. The third-order valence-electron chi connectivity index (χ3n) is 4.56. The molecule has 0 atom stereocenters. The molecule has 1 radical (unpaired) electrons. The van der Waals surface area contributed by atoms with E-state index in [0.717, 1.165) is 21.8 Å². The maximum absolute atomic E-state index is 10.2. The van der Waals surface area contributed by atoms with Crippen LogP contribution < -0.4 is 5.46 Å². The molecule has 0 fully saturated rings. The van der Waals surface area contributed by atoms with E-state index in [1.54, 1.807) is 27.5 Å².